The van der Waals surface area contributed by atoms with E-state index < -0.39 is 0 Å². The minimum Gasteiger partial charge on any atom is -0.383 e. The molecule has 1 aromatic heterocycles. The second-order valence-corrected chi connectivity index (χ2v) is 4.19. The molecule has 1 fully saturated rings. The van der Waals surface area contributed by atoms with Gasteiger partial charge in [-0.3, -0.25) is 4.79 Å². The number of nitrogen functional groups attached to an aromatic ring is 1. The van der Waals surface area contributed by atoms with Crippen molar-refractivity contribution in [2.24, 2.45) is 0 Å². The van der Waals surface area contributed by atoms with E-state index in [2.05, 4.69) is 16.9 Å². The van der Waals surface area contributed by atoms with Crippen LogP contribution in [-0.2, 0) is 11.8 Å². The van der Waals surface area contributed by atoms with Gasteiger partial charge in [-0.25, -0.2) is 4.98 Å². The molecular formula is C10H15N3O. The third-order valence-electron chi connectivity index (χ3n) is 2.97. The van der Waals surface area contributed by atoms with Crippen LogP contribution in [0.2, 0.25) is 0 Å². The highest BCUT2D eigenvalue weighted by Crippen LogP contribution is 2.45. The summed E-state index contributed by atoms with van der Waals surface area (Å²) < 4.78 is 0. The van der Waals surface area contributed by atoms with Crippen LogP contribution in [0.15, 0.2) is 4.79 Å². The molecule has 76 valence electrons. The SMILES string of the molecule is CCc1c(N)nc(C2(C)CC2)[nH]c1=O. The van der Waals surface area contributed by atoms with Crippen LogP contribution in [0.4, 0.5) is 5.82 Å². The van der Waals surface area contributed by atoms with E-state index in [0.29, 0.717) is 17.8 Å². The van der Waals surface area contributed by atoms with Crippen molar-refractivity contribution in [2.45, 2.75) is 38.5 Å². The summed E-state index contributed by atoms with van der Waals surface area (Å²) in [4.78, 5) is 18.7. The first-order valence-corrected chi connectivity index (χ1v) is 4.96. The molecule has 2 rings (SSSR count). The molecule has 0 atom stereocenters. The zero-order chi connectivity index (χ0) is 10.3. The highest BCUT2D eigenvalue weighted by atomic mass is 16.1. The lowest BCUT2D eigenvalue weighted by Crippen LogP contribution is -2.22. The third-order valence-corrected chi connectivity index (χ3v) is 2.97. The van der Waals surface area contributed by atoms with Crippen molar-refractivity contribution in [1.29, 1.82) is 0 Å². The number of aromatic amines is 1. The van der Waals surface area contributed by atoms with E-state index in [4.69, 9.17) is 5.73 Å². The largest absolute Gasteiger partial charge is 0.383 e. The predicted octanol–water partition coefficient (Wildman–Crippen LogP) is 0.966. The highest BCUT2D eigenvalue weighted by Gasteiger charge is 2.41. The first-order valence-electron chi connectivity index (χ1n) is 4.96. The van der Waals surface area contributed by atoms with Crippen LogP contribution in [0.25, 0.3) is 0 Å². The Labute approximate surface area is 82.6 Å². The van der Waals surface area contributed by atoms with Gasteiger partial charge in [0.05, 0.1) is 5.56 Å². The van der Waals surface area contributed by atoms with Gasteiger partial charge >= 0.3 is 0 Å². The smallest absolute Gasteiger partial charge is 0.256 e. The lowest BCUT2D eigenvalue weighted by Gasteiger charge is -2.09. The molecule has 14 heavy (non-hydrogen) atoms. The van der Waals surface area contributed by atoms with E-state index in [1.807, 2.05) is 6.92 Å². The van der Waals surface area contributed by atoms with Gasteiger partial charge in [0.1, 0.15) is 11.6 Å². The number of nitrogens with one attached hydrogen (secondary N) is 1. The van der Waals surface area contributed by atoms with Crippen molar-refractivity contribution in [1.82, 2.24) is 9.97 Å². The molecular weight excluding hydrogens is 178 g/mol. The maximum absolute atomic E-state index is 11.6. The molecule has 0 bridgehead atoms. The standard InChI is InChI=1S/C10H15N3O/c1-3-6-7(11)12-9(13-8(6)14)10(2)4-5-10/h3-5H2,1-2H3,(H3,11,12,13,14). The maximum atomic E-state index is 11.6. The summed E-state index contributed by atoms with van der Waals surface area (Å²) in [7, 11) is 0. The molecule has 1 aromatic rings. The Morgan fingerprint density at radius 2 is 2.21 bits per heavy atom. The van der Waals surface area contributed by atoms with Crippen LogP contribution < -0.4 is 11.3 Å². The van der Waals surface area contributed by atoms with Gasteiger partial charge in [0, 0.05) is 5.41 Å². The summed E-state index contributed by atoms with van der Waals surface area (Å²) in [6.07, 6.45) is 2.80. The number of rotatable bonds is 2. The number of aromatic nitrogens is 2. The Bertz CT molecular complexity index is 418. The second kappa shape index (κ2) is 2.83. The Hall–Kier alpha value is -1.32. The fourth-order valence-electron chi connectivity index (χ4n) is 1.57. The second-order valence-electron chi connectivity index (χ2n) is 4.19. The zero-order valence-electron chi connectivity index (χ0n) is 8.55. The Morgan fingerprint density at radius 1 is 1.57 bits per heavy atom. The third kappa shape index (κ3) is 1.31. The van der Waals surface area contributed by atoms with E-state index in [-0.39, 0.29) is 11.0 Å². The van der Waals surface area contributed by atoms with Crippen LogP contribution in [0.5, 0.6) is 0 Å². The van der Waals surface area contributed by atoms with Gasteiger partial charge in [-0.2, -0.15) is 0 Å². The first kappa shape index (κ1) is 9.24. The number of hydrogen-bond acceptors (Lipinski definition) is 3. The Kier molecular flexibility index (Phi) is 1.87. The van der Waals surface area contributed by atoms with Crippen LogP contribution >= 0.6 is 0 Å². The van der Waals surface area contributed by atoms with E-state index >= 15 is 0 Å². The first-order chi connectivity index (χ1) is 6.57. The molecule has 0 radical (unpaired) electrons. The molecule has 1 aliphatic carbocycles. The van der Waals surface area contributed by atoms with E-state index in [1.165, 1.54) is 0 Å². The minimum atomic E-state index is -0.0804. The monoisotopic (exact) mass is 193 g/mol. The molecule has 4 heteroatoms. The van der Waals surface area contributed by atoms with E-state index in [1.54, 1.807) is 0 Å². The topological polar surface area (TPSA) is 71.8 Å². The number of hydrogen-bond donors (Lipinski definition) is 2. The fourth-order valence-corrected chi connectivity index (χ4v) is 1.57. The van der Waals surface area contributed by atoms with Crippen LogP contribution in [0, 0.1) is 0 Å². The fraction of sp³-hybridized carbons (Fsp3) is 0.600. The molecule has 0 aromatic carbocycles. The van der Waals surface area contributed by atoms with Gasteiger partial charge < -0.3 is 10.7 Å². The van der Waals surface area contributed by atoms with Crippen molar-refractivity contribution in [3.8, 4) is 0 Å². The molecule has 0 amide bonds. The summed E-state index contributed by atoms with van der Waals surface area (Å²) in [6.45, 7) is 4.00. The van der Waals surface area contributed by atoms with Gasteiger partial charge in [-0.05, 0) is 19.3 Å². The molecule has 0 unspecified atom stereocenters. The molecule has 0 saturated heterocycles. The molecule has 1 heterocycles. The molecule has 3 N–H and O–H groups in total. The average molecular weight is 193 g/mol. The van der Waals surface area contributed by atoms with E-state index in [9.17, 15) is 4.79 Å². The van der Waals surface area contributed by atoms with Gasteiger partial charge in [0.2, 0.25) is 0 Å². The van der Waals surface area contributed by atoms with Crippen molar-refractivity contribution >= 4 is 5.82 Å². The van der Waals surface area contributed by atoms with Crippen molar-refractivity contribution < 1.29 is 0 Å². The van der Waals surface area contributed by atoms with Gasteiger partial charge in [0.25, 0.3) is 5.56 Å². The summed E-state index contributed by atoms with van der Waals surface area (Å²) in [6, 6.07) is 0. The molecule has 4 nitrogen and oxygen atoms in total. The Morgan fingerprint density at radius 3 is 2.64 bits per heavy atom. The van der Waals surface area contributed by atoms with E-state index in [0.717, 1.165) is 18.7 Å². The van der Waals surface area contributed by atoms with Crippen LogP contribution in [0.3, 0.4) is 0 Å². The summed E-state index contributed by atoms with van der Waals surface area (Å²) in [5.74, 6) is 1.14. The summed E-state index contributed by atoms with van der Waals surface area (Å²) >= 11 is 0. The maximum Gasteiger partial charge on any atom is 0.256 e. The minimum absolute atomic E-state index is 0.0690. The molecule has 0 aliphatic heterocycles. The number of H-pyrrole nitrogens is 1. The zero-order valence-corrected chi connectivity index (χ0v) is 8.55. The molecule has 0 spiro atoms. The molecule has 1 aliphatic rings. The highest BCUT2D eigenvalue weighted by molar-refractivity contribution is 5.39. The summed E-state index contributed by atoms with van der Waals surface area (Å²) in [5.41, 5.74) is 6.31. The number of anilines is 1. The quantitative estimate of drug-likeness (QED) is 0.735. The van der Waals surface area contributed by atoms with Crippen LogP contribution in [0.1, 0.15) is 38.1 Å². The lowest BCUT2D eigenvalue weighted by molar-refractivity contribution is 0.700. The molecule has 1 saturated carbocycles. The van der Waals surface area contributed by atoms with Crippen molar-refractivity contribution in [2.75, 3.05) is 5.73 Å². The normalized spacial score (nSPS) is 18.1. The average Bonchev–Trinajstić information content (AvgIpc) is 2.84. The summed E-state index contributed by atoms with van der Waals surface area (Å²) in [5, 5.41) is 0. The van der Waals surface area contributed by atoms with Crippen molar-refractivity contribution in [3.05, 3.63) is 21.7 Å². The number of nitrogens with two attached hydrogens (primary N) is 1. The lowest BCUT2D eigenvalue weighted by atomic mass is 10.1. The van der Waals surface area contributed by atoms with Crippen molar-refractivity contribution in [3.63, 3.8) is 0 Å². The van der Waals surface area contributed by atoms with Gasteiger partial charge in [-0.1, -0.05) is 13.8 Å². The van der Waals surface area contributed by atoms with Gasteiger partial charge in [0.15, 0.2) is 0 Å². The Balaban J connectivity index is 2.52. The van der Waals surface area contributed by atoms with Gasteiger partial charge in [-0.15, -0.1) is 0 Å². The van der Waals surface area contributed by atoms with Crippen LogP contribution in [-0.4, -0.2) is 9.97 Å². The number of nitrogens with zero attached hydrogens (tertiary/aromatic N) is 1. The predicted molar refractivity (Wildman–Crippen MR) is 55.2 cm³/mol.